The molecule has 4 aromatic rings. The lowest BCUT2D eigenvalue weighted by molar-refractivity contribution is -0.192. The van der Waals surface area contributed by atoms with Crippen molar-refractivity contribution in [3.63, 3.8) is 0 Å². The largest absolute Gasteiger partial charge is 0.490 e. The number of benzene rings is 2. The van der Waals surface area contributed by atoms with E-state index in [2.05, 4.69) is 39.7 Å². The van der Waals surface area contributed by atoms with E-state index in [4.69, 9.17) is 9.90 Å². The van der Waals surface area contributed by atoms with Crippen LogP contribution in [0.1, 0.15) is 39.4 Å². The number of thiophene rings is 1. The zero-order chi connectivity index (χ0) is 30.2. The molecule has 0 saturated carbocycles. The second-order valence-electron chi connectivity index (χ2n) is 8.68. The Balaban J connectivity index is 0.000000587. The van der Waals surface area contributed by atoms with Crippen molar-refractivity contribution >= 4 is 50.8 Å². The van der Waals surface area contributed by atoms with Gasteiger partial charge in [-0.15, -0.1) is 11.3 Å². The predicted octanol–water partition coefficient (Wildman–Crippen LogP) is 5.13. The summed E-state index contributed by atoms with van der Waals surface area (Å²) in [4.78, 5) is 37.9. The van der Waals surface area contributed by atoms with Crippen LogP contribution in [0.15, 0.2) is 60.7 Å². The van der Waals surface area contributed by atoms with Crippen molar-refractivity contribution in [2.45, 2.75) is 26.6 Å². The maximum Gasteiger partial charge on any atom is 0.490 e. The molecule has 0 aliphatic carbocycles. The van der Waals surface area contributed by atoms with Gasteiger partial charge in [0.2, 0.25) is 0 Å². The fourth-order valence-electron chi connectivity index (χ4n) is 3.59. The molecule has 0 fully saturated rings. The summed E-state index contributed by atoms with van der Waals surface area (Å²) < 4.78 is 31.7. The van der Waals surface area contributed by atoms with E-state index in [0.29, 0.717) is 26.5 Å². The Kier molecular flexibility index (Phi) is 10.4. The molecule has 2 aromatic heterocycles. The average molecular weight is 591 g/mol. The quantitative estimate of drug-likeness (QED) is 0.199. The van der Waals surface area contributed by atoms with Gasteiger partial charge in [0.1, 0.15) is 10.6 Å². The van der Waals surface area contributed by atoms with Gasteiger partial charge in [-0.25, -0.2) is 4.79 Å². The smallest absolute Gasteiger partial charge is 0.475 e. The van der Waals surface area contributed by atoms with Gasteiger partial charge in [0.15, 0.2) is 0 Å². The highest BCUT2D eigenvalue weighted by Crippen LogP contribution is 2.29. The van der Waals surface area contributed by atoms with Crippen molar-refractivity contribution in [1.29, 1.82) is 0 Å². The third-order valence-corrected chi connectivity index (χ3v) is 6.91. The number of aromatic amines is 1. The molecule has 10 nitrogen and oxygen atoms in total. The standard InChI is InChI=1S/C25H28N6O2S.C2HF3O2/c1-4-31(5-2)16-17-11-13-18(14-12-17)23(32)26-22-20-15-21(34-25(20)28-27-22)24(33)29-30(3)19-9-7-6-8-10-19;3-2(4,5)1(6)7/h6-15H,4-5,16H2,1-3H3,(H,29,33)(H2,26,27,28,32);(H,6,7). The molecular formula is C27H29F3N6O4S. The third kappa shape index (κ3) is 8.53. The van der Waals surface area contributed by atoms with Gasteiger partial charge in [0.25, 0.3) is 11.8 Å². The molecule has 2 heterocycles. The van der Waals surface area contributed by atoms with Gasteiger partial charge in [-0.05, 0) is 49.0 Å². The predicted molar refractivity (Wildman–Crippen MR) is 151 cm³/mol. The molecule has 0 aliphatic rings. The van der Waals surface area contributed by atoms with Gasteiger partial charge in [-0.2, -0.15) is 18.3 Å². The summed E-state index contributed by atoms with van der Waals surface area (Å²) in [5, 5.41) is 19.5. The third-order valence-electron chi connectivity index (χ3n) is 5.89. The summed E-state index contributed by atoms with van der Waals surface area (Å²) in [6.07, 6.45) is -5.08. The minimum Gasteiger partial charge on any atom is -0.475 e. The number of rotatable bonds is 9. The normalized spacial score (nSPS) is 11.1. The van der Waals surface area contributed by atoms with E-state index in [-0.39, 0.29) is 11.8 Å². The number of halogens is 3. The number of hydrogen-bond acceptors (Lipinski definition) is 7. The number of alkyl halides is 3. The minimum atomic E-state index is -5.08. The molecule has 0 radical (unpaired) electrons. The summed E-state index contributed by atoms with van der Waals surface area (Å²) >= 11 is 1.26. The number of para-hydroxylation sites is 1. The van der Waals surface area contributed by atoms with E-state index in [1.807, 2.05) is 54.6 Å². The topological polar surface area (TPSA) is 131 Å². The first-order chi connectivity index (χ1) is 19.4. The van der Waals surface area contributed by atoms with Crippen LogP contribution in [0.2, 0.25) is 0 Å². The number of carboxylic acids is 1. The molecule has 0 bridgehead atoms. The maximum absolute atomic E-state index is 12.8. The Hall–Kier alpha value is -4.43. The SMILES string of the molecule is CCN(CC)Cc1ccc(C(=O)Nc2[nH]nc3sc(C(=O)NN(C)c4ccccc4)cc23)cc1.O=C(O)C(F)(F)F. The average Bonchev–Trinajstić information content (AvgIpc) is 3.54. The number of hydrazine groups is 1. The second kappa shape index (κ2) is 13.8. The molecular weight excluding hydrogens is 561 g/mol. The summed E-state index contributed by atoms with van der Waals surface area (Å²) in [7, 11) is 1.78. The maximum atomic E-state index is 12.8. The van der Waals surface area contributed by atoms with E-state index >= 15 is 0 Å². The van der Waals surface area contributed by atoms with Crippen LogP contribution in [0.25, 0.3) is 10.2 Å². The van der Waals surface area contributed by atoms with E-state index in [0.717, 1.165) is 30.9 Å². The second-order valence-corrected chi connectivity index (χ2v) is 9.71. The highest BCUT2D eigenvalue weighted by Gasteiger charge is 2.38. The van der Waals surface area contributed by atoms with Gasteiger partial charge in [0.05, 0.1) is 16.0 Å². The number of fused-ring (bicyclic) bond motifs is 1. The summed E-state index contributed by atoms with van der Waals surface area (Å²) in [6.45, 7) is 7.10. The first kappa shape index (κ1) is 31.1. The van der Waals surface area contributed by atoms with Crippen LogP contribution >= 0.6 is 11.3 Å². The van der Waals surface area contributed by atoms with Gasteiger partial charge >= 0.3 is 12.1 Å². The molecule has 0 unspecified atom stereocenters. The summed E-state index contributed by atoms with van der Waals surface area (Å²) in [5.41, 5.74) is 5.45. The van der Waals surface area contributed by atoms with Crippen LogP contribution in [-0.2, 0) is 11.3 Å². The number of aromatic nitrogens is 2. The molecule has 0 aliphatic heterocycles. The lowest BCUT2D eigenvalue weighted by Crippen LogP contribution is -2.38. The van der Waals surface area contributed by atoms with Crippen molar-refractivity contribution in [1.82, 2.24) is 20.5 Å². The van der Waals surface area contributed by atoms with Crippen molar-refractivity contribution in [3.8, 4) is 0 Å². The molecule has 2 amide bonds. The molecule has 2 aromatic carbocycles. The van der Waals surface area contributed by atoms with Crippen LogP contribution < -0.4 is 15.8 Å². The van der Waals surface area contributed by atoms with Gasteiger partial charge in [-0.3, -0.25) is 30.0 Å². The molecule has 41 heavy (non-hydrogen) atoms. The number of anilines is 2. The summed E-state index contributed by atoms with van der Waals surface area (Å²) in [5.74, 6) is -2.76. The monoisotopic (exact) mass is 590 g/mol. The minimum absolute atomic E-state index is 0.235. The zero-order valence-corrected chi connectivity index (χ0v) is 23.3. The number of hydrogen-bond donors (Lipinski definition) is 4. The number of carbonyl (C=O) groups excluding carboxylic acids is 2. The van der Waals surface area contributed by atoms with E-state index in [9.17, 15) is 22.8 Å². The molecule has 0 spiro atoms. The number of nitrogens with one attached hydrogen (secondary N) is 3. The Bertz CT molecular complexity index is 1470. The lowest BCUT2D eigenvalue weighted by Gasteiger charge is -2.19. The molecule has 0 saturated heterocycles. The molecule has 4 rings (SSSR count). The van der Waals surface area contributed by atoms with Crippen LogP contribution in [0.3, 0.4) is 0 Å². The van der Waals surface area contributed by atoms with Gasteiger partial charge < -0.3 is 10.4 Å². The highest BCUT2D eigenvalue weighted by atomic mass is 32.1. The molecule has 4 N–H and O–H groups in total. The first-order valence-electron chi connectivity index (χ1n) is 12.4. The Morgan fingerprint density at radius 2 is 1.61 bits per heavy atom. The van der Waals surface area contributed by atoms with Crippen LogP contribution in [0.5, 0.6) is 0 Å². The van der Waals surface area contributed by atoms with Gasteiger partial charge in [-0.1, -0.05) is 44.2 Å². The lowest BCUT2D eigenvalue weighted by atomic mass is 10.1. The van der Waals surface area contributed by atoms with Crippen molar-refractivity contribution in [3.05, 3.63) is 76.7 Å². The number of carboxylic acid groups (broad SMARTS) is 1. The van der Waals surface area contributed by atoms with Crippen molar-refractivity contribution in [2.24, 2.45) is 0 Å². The van der Waals surface area contributed by atoms with E-state index < -0.39 is 12.1 Å². The molecule has 14 heteroatoms. The van der Waals surface area contributed by atoms with Crippen LogP contribution in [-0.4, -0.2) is 64.3 Å². The Labute approximate surface area is 237 Å². The van der Waals surface area contributed by atoms with Crippen LogP contribution in [0, 0.1) is 0 Å². The highest BCUT2D eigenvalue weighted by molar-refractivity contribution is 7.20. The zero-order valence-electron chi connectivity index (χ0n) is 22.5. The van der Waals surface area contributed by atoms with E-state index in [1.165, 1.54) is 11.3 Å². The number of H-pyrrole nitrogens is 1. The number of nitrogens with zero attached hydrogens (tertiary/aromatic N) is 3. The molecule has 218 valence electrons. The Morgan fingerprint density at radius 1 is 1.00 bits per heavy atom. The number of carbonyl (C=O) groups is 3. The molecule has 0 atom stereocenters. The van der Waals surface area contributed by atoms with Crippen molar-refractivity contribution < 1.29 is 32.7 Å². The van der Waals surface area contributed by atoms with Gasteiger partial charge in [0, 0.05) is 19.2 Å². The number of amides is 2. The van der Waals surface area contributed by atoms with Crippen LogP contribution in [0.4, 0.5) is 24.7 Å². The van der Waals surface area contributed by atoms with Crippen molar-refractivity contribution in [2.75, 3.05) is 30.5 Å². The fraction of sp³-hybridized carbons (Fsp3) is 0.259. The summed E-state index contributed by atoms with van der Waals surface area (Å²) in [6, 6.07) is 18.9. The number of aliphatic carboxylic acids is 1. The van der Waals surface area contributed by atoms with E-state index in [1.54, 1.807) is 18.1 Å². The Morgan fingerprint density at radius 3 is 2.17 bits per heavy atom. The fourth-order valence-corrected chi connectivity index (χ4v) is 4.48. The first-order valence-corrected chi connectivity index (χ1v) is 13.2.